The molecule has 1 unspecified atom stereocenters. The summed E-state index contributed by atoms with van der Waals surface area (Å²) in [7, 11) is 0. The summed E-state index contributed by atoms with van der Waals surface area (Å²) in [5, 5.41) is 0. The molecule has 102 valence electrons. The molecule has 0 saturated heterocycles. The van der Waals surface area contributed by atoms with E-state index in [-0.39, 0.29) is 11.9 Å². The Bertz CT molecular complexity index is 654. The summed E-state index contributed by atoms with van der Waals surface area (Å²) in [5.74, 6) is 0.213. The summed E-state index contributed by atoms with van der Waals surface area (Å²) in [6, 6.07) is 14.3. The molecule has 3 nitrogen and oxygen atoms in total. The fourth-order valence-electron chi connectivity index (χ4n) is 2.38. The first kappa shape index (κ1) is 13.1. The van der Waals surface area contributed by atoms with Crippen LogP contribution in [0, 0.1) is 5.82 Å². The Kier molecular flexibility index (Phi) is 3.44. The number of halogens is 2. The van der Waals surface area contributed by atoms with Crippen LogP contribution in [0.25, 0.3) is 0 Å². The highest BCUT2D eigenvalue weighted by atomic mass is 79.9. The van der Waals surface area contributed by atoms with Crippen LogP contribution in [0.3, 0.4) is 0 Å². The molecule has 5 heteroatoms. The number of benzene rings is 2. The smallest absolute Gasteiger partial charge is 0.196 e. The predicted molar refractivity (Wildman–Crippen MR) is 82.3 cm³/mol. The van der Waals surface area contributed by atoms with E-state index in [2.05, 4.69) is 20.9 Å². The highest BCUT2D eigenvalue weighted by molar-refractivity contribution is 9.10. The first-order chi connectivity index (χ1) is 9.65. The Balaban J connectivity index is 1.98. The maximum absolute atomic E-state index is 13.4. The first-order valence-corrected chi connectivity index (χ1v) is 7.04. The zero-order chi connectivity index (χ0) is 14.1. The van der Waals surface area contributed by atoms with Crippen molar-refractivity contribution in [2.24, 2.45) is 10.7 Å². The van der Waals surface area contributed by atoms with E-state index in [4.69, 9.17) is 5.73 Å². The van der Waals surface area contributed by atoms with E-state index in [1.807, 2.05) is 35.2 Å². The molecule has 20 heavy (non-hydrogen) atoms. The molecular weight excluding hydrogens is 321 g/mol. The second-order valence-corrected chi connectivity index (χ2v) is 5.53. The molecule has 0 saturated carbocycles. The van der Waals surface area contributed by atoms with Gasteiger partial charge in [0, 0.05) is 10.2 Å². The van der Waals surface area contributed by atoms with Crippen LogP contribution in [-0.2, 0) is 0 Å². The van der Waals surface area contributed by atoms with Gasteiger partial charge in [0.25, 0.3) is 0 Å². The van der Waals surface area contributed by atoms with Crippen molar-refractivity contribution in [3.05, 3.63) is 64.4 Å². The topological polar surface area (TPSA) is 41.6 Å². The summed E-state index contributed by atoms with van der Waals surface area (Å²) in [5.41, 5.74) is 7.80. The largest absolute Gasteiger partial charge is 0.369 e. The molecule has 2 aromatic rings. The zero-order valence-corrected chi connectivity index (χ0v) is 12.2. The third-order valence-electron chi connectivity index (χ3n) is 3.32. The van der Waals surface area contributed by atoms with Gasteiger partial charge in [-0.2, -0.15) is 0 Å². The lowest BCUT2D eigenvalue weighted by Crippen LogP contribution is -2.36. The molecule has 0 fully saturated rings. The van der Waals surface area contributed by atoms with Gasteiger partial charge in [0.05, 0.1) is 12.6 Å². The lowest BCUT2D eigenvalue weighted by atomic mass is 10.1. The van der Waals surface area contributed by atoms with Crippen molar-refractivity contribution in [1.82, 2.24) is 0 Å². The number of hydrogen-bond acceptors (Lipinski definition) is 3. The summed E-state index contributed by atoms with van der Waals surface area (Å²) >= 11 is 3.41. The van der Waals surface area contributed by atoms with E-state index in [0.717, 1.165) is 15.7 Å². The van der Waals surface area contributed by atoms with Gasteiger partial charge in [-0.3, -0.25) is 4.99 Å². The van der Waals surface area contributed by atoms with Gasteiger partial charge in [0.2, 0.25) is 0 Å². The molecule has 2 aromatic carbocycles. The number of hydrogen-bond donors (Lipinski definition) is 1. The Morgan fingerprint density at radius 3 is 2.65 bits per heavy atom. The Hall–Kier alpha value is -1.88. The SMILES string of the molecule is NC1=NCC(c2cccc(F)c2)N1c1ccc(Br)cc1. The number of nitrogens with zero attached hydrogens (tertiary/aromatic N) is 2. The fourth-order valence-corrected chi connectivity index (χ4v) is 2.64. The van der Waals surface area contributed by atoms with Gasteiger partial charge in [0.15, 0.2) is 5.96 Å². The van der Waals surface area contributed by atoms with E-state index in [1.54, 1.807) is 6.07 Å². The van der Waals surface area contributed by atoms with Gasteiger partial charge < -0.3 is 10.6 Å². The Labute approximate surface area is 125 Å². The average Bonchev–Trinajstić information content (AvgIpc) is 2.82. The standard InChI is InChI=1S/C15H13BrFN3/c16-11-4-6-13(7-5-11)20-14(9-19-15(20)18)10-2-1-3-12(17)8-10/h1-8,14H,9H2,(H2,18,19). The molecule has 0 bridgehead atoms. The minimum absolute atomic E-state index is 0.0631. The number of guanidine groups is 1. The normalized spacial score (nSPS) is 18.2. The molecule has 0 spiro atoms. The molecule has 1 aliphatic heterocycles. The second-order valence-electron chi connectivity index (χ2n) is 4.62. The molecular formula is C15H13BrFN3. The molecule has 3 rings (SSSR count). The molecule has 0 amide bonds. The van der Waals surface area contributed by atoms with Crippen LogP contribution in [0.2, 0.25) is 0 Å². The Morgan fingerprint density at radius 1 is 1.20 bits per heavy atom. The predicted octanol–water partition coefficient (Wildman–Crippen LogP) is 3.46. The van der Waals surface area contributed by atoms with E-state index in [1.165, 1.54) is 12.1 Å². The minimum atomic E-state index is -0.247. The molecule has 1 heterocycles. The molecule has 1 atom stereocenters. The lowest BCUT2D eigenvalue weighted by Gasteiger charge is -2.26. The number of aliphatic imine (C=N–C) groups is 1. The Morgan fingerprint density at radius 2 is 1.95 bits per heavy atom. The van der Waals surface area contributed by atoms with E-state index in [0.29, 0.717) is 12.5 Å². The van der Waals surface area contributed by atoms with Crippen LogP contribution in [0.4, 0.5) is 10.1 Å². The van der Waals surface area contributed by atoms with E-state index >= 15 is 0 Å². The van der Waals surface area contributed by atoms with Crippen molar-refractivity contribution in [2.45, 2.75) is 6.04 Å². The summed E-state index contributed by atoms with van der Waals surface area (Å²) in [4.78, 5) is 6.22. The monoisotopic (exact) mass is 333 g/mol. The summed E-state index contributed by atoms with van der Waals surface area (Å²) in [6.07, 6.45) is 0. The van der Waals surface area contributed by atoms with Gasteiger partial charge in [-0.25, -0.2) is 4.39 Å². The minimum Gasteiger partial charge on any atom is -0.369 e. The third-order valence-corrected chi connectivity index (χ3v) is 3.85. The van der Waals surface area contributed by atoms with Crippen LogP contribution in [-0.4, -0.2) is 12.5 Å². The van der Waals surface area contributed by atoms with Crippen molar-refractivity contribution < 1.29 is 4.39 Å². The molecule has 0 radical (unpaired) electrons. The molecule has 0 aromatic heterocycles. The van der Waals surface area contributed by atoms with Gasteiger partial charge >= 0.3 is 0 Å². The second kappa shape index (κ2) is 5.25. The van der Waals surface area contributed by atoms with Crippen LogP contribution >= 0.6 is 15.9 Å². The average molecular weight is 334 g/mol. The van der Waals surface area contributed by atoms with E-state index < -0.39 is 0 Å². The maximum atomic E-state index is 13.4. The van der Waals surface area contributed by atoms with Crippen LogP contribution in [0.15, 0.2) is 58.0 Å². The molecule has 2 N–H and O–H groups in total. The highest BCUT2D eigenvalue weighted by Crippen LogP contribution is 2.31. The quantitative estimate of drug-likeness (QED) is 0.914. The van der Waals surface area contributed by atoms with Crippen LogP contribution < -0.4 is 10.6 Å². The number of rotatable bonds is 2. The highest BCUT2D eigenvalue weighted by Gasteiger charge is 2.28. The van der Waals surface area contributed by atoms with Crippen LogP contribution in [0.5, 0.6) is 0 Å². The summed E-state index contributed by atoms with van der Waals surface area (Å²) in [6.45, 7) is 0.533. The van der Waals surface area contributed by atoms with Crippen molar-refractivity contribution in [2.75, 3.05) is 11.4 Å². The fraction of sp³-hybridized carbons (Fsp3) is 0.133. The van der Waals surface area contributed by atoms with Gasteiger partial charge in [-0.05, 0) is 42.0 Å². The van der Waals surface area contributed by atoms with E-state index in [9.17, 15) is 4.39 Å². The van der Waals surface area contributed by atoms with Gasteiger partial charge in [0.1, 0.15) is 5.82 Å². The molecule has 0 aliphatic carbocycles. The molecule has 1 aliphatic rings. The zero-order valence-electron chi connectivity index (χ0n) is 10.6. The van der Waals surface area contributed by atoms with Crippen molar-refractivity contribution in [1.29, 1.82) is 0 Å². The number of anilines is 1. The third kappa shape index (κ3) is 2.41. The van der Waals surface area contributed by atoms with Crippen molar-refractivity contribution in [3.63, 3.8) is 0 Å². The first-order valence-electron chi connectivity index (χ1n) is 6.25. The van der Waals surface area contributed by atoms with Crippen molar-refractivity contribution >= 4 is 27.6 Å². The maximum Gasteiger partial charge on any atom is 0.196 e. The lowest BCUT2D eigenvalue weighted by molar-refractivity contribution is 0.621. The van der Waals surface area contributed by atoms with Crippen LogP contribution in [0.1, 0.15) is 11.6 Å². The number of nitrogens with two attached hydrogens (primary N) is 1. The van der Waals surface area contributed by atoms with Gasteiger partial charge in [-0.15, -0.1) is 0 Å². The summed E-state index contributed by atoms with van der Waals surface area (Å²) < 4.78 is 14.4. The van der Waals surface area contributed by atoms with Gasteiger partial charge in [-0.1, -0.05) is 28.1 Å². The van der Waals surface area contributed by atoms with Crippen molar-refractivity contribution in [3.8, 4) is 0 Å².